The Morgan fingerprint density at radius 3 is 2.35 bits per heavy atom. The summed E-state index contributed by atoms with van der Waals surface area (Å²) in [5.41, 5.74) is 1.92. The van der Waals surface area contributed by atoms with Crippen LogP contribution in [-0.2, 0) is 6.42 Å². The SMILES string of the molecule is CCCC(C)(C(CC)CCc1ccccc1)N1CCC1. The van der Waals surface area contributed by atoms with Crippen LogP contribution in [0.25, 0.3) is 0 Å². The molecule has 1 aromatic rings. The fraction of sp³-hybridized carbons (Fsp3) is 0.684. The first-order chi connectivity index (χ1) is 9.70. The second-order valence-electron chi connectivity index (χ2n) is 6.58. The van der Waals surface area contributed by atoms with Crippen molar-refractivity contribution in [1.82, 2.24) is 4.90 Å². The van der Waals surface area contributed by atoms with Gasteiger partial charge in [-0.25, -0.2) is 0 Å². The third-order valence-electron chi connectivity index (χ3n) is 5.33. The molecular weight excluding hydrogens is 242 g/mol. The maximum Gasteiger partial charge on any atom is 0.0209 e. The Kier molecular flexibility index (Phi) is 5.65. The second-order valence-corrected chi connectivity index (χ2v) is 6.58. The quantitative estimate of drug-likeness (QED) is 0.650. The van der Waals surface area contributed by atoms with Crippen molar-refractivity contribution < 1.29 is 0 Å². The summed E-state index contributed by atoms with van der Waals surface area (Å²) in [7, 11) is 0. The fourth-order valence-corrected chi connectivity index (χ4v) is 3.89. The molecule has 112 valence electrons. The highest BCUT2D eigenvalue weighted by Gasteiger charge is 2.39. The molecule has 1 nitrogen and oxygen atoms in total. The van der Waals surface area contributed by atoms with Gasteiger partial charge in [-0.3, -0.25) is 4.90 Å². The average molecular weight is 273 g/mol. The lowest BCUT2D eigenvalue weighted by Crippen LogP contribution is -2.57. The van der Waals surface area contributed by atoms with E-state index in [1.807, 2.05) is 0 Å². The lowest BCUT2D eigenvalue weighted by Gasteiger charge is -2.51. The summed E-state index contributed by atoms with van der Waals surface area (Å²) < 4.78 is 0. The van der Waals surface area contributed by atoms with Crippen LogP contribution in [0.4, 0.5) is 0 Å². The standard InChI is InChI=1S/C19H31N/c1-4-14-19(3,20-15-9-16-20)18(5-2)13-12-17-10-7-6-8-11-17/h6-8,10-11,18H,4-5,9,12-16H2,1-3H3. The molecule has 0 aliphatic carbocycles. The van der Waals surface area contributed by atoms with Crippen molar-refractivity contribution in [2.45, 2.75) is 64.8 Å². The van der Waals surface area contributed by atoms with Crippen LogP contribution >= 0.6 is 0 Å². The molecule has 1 aromatic carbocycles. The molecule has 2 atom stereocenters. The van der Waals surface area contributed by atoms with Gasteiger partial charge in [0.1, 0.15) is 0 Å². The lowest BCUT2D eigenvalue weighted by atomic mass is 9.74. The number of nitrogens with zero attached hydrogens (tertiary/aromatic N) is 1. The van der Waals surface area contributed by atoms with Gasteiger partial charge in [0, 0.05) is 5.54 Å². The van der Waals surface area contributed by atoms with Crippen LogP contribution in [0.5, 0.6) is 0 Å². The molecule has 0 radical (unpaired) electrons. The Labute approximate surface area is 125 Å². The monoisotopic (exact) mass is 273 g/mol. The van der Waals surface area contributed by atoms with Gasteiger partial charge >= 0.3 is 0 Å². The Morgan fingerprint density at radius 2 is 1.85 bits per heavy atom. The molecule has 2 unspecified atom stereocenters. The summed E-state index contributed by atoms with van der Waals surface area (Å²) in [5, 5.41) is 0. The Bertz CT molecular complexity index is 382. The summed E-state index contributed by atoms with van der Waals surface area (Å²) in [5.74, 6) is 0.822. The van der Waals surface area contributed by atoms with Crippen molar-refractivity contribution in [3.63, 3.8) is 0 Å². The van der Waals surface area contributed by atoms with Crippen LogP contribution in [0.2, 0.25) is 0 Å². The van der Waals surface area contributed by atoms with Crippen molar-refractivity contribution in [3.05, 3.63) is 35.9 Å². The first-order valence-corrected chi connectivity index (χ1v) is 8.49. The van der Waals surface area contributed by atoms with Crippen molar-refractivity contribution in [3.8, 4) is 0 Å². The van der Waals surface area contributed by atoms with E-state index in [0.717, 1.165) is 5.92 Å². The zero-order valence-electron chi connectivity index (χ0n) is 13.6. The van der Waals surface area contributed by atoms with Crippen LogP contribution in [0.1, 0.15) is 58.4 Å². The van der Waals surface area contributed by atoms with E-state index in [9.17, 15) is 0 Å². The Balaban J connectivity index is 2.00. The minimum Gasteiger partial charge on any atom is -0.298 e. The molecule has 0 spiro atoms. The number of hydrogen-bond donors (Lipinski definition) is 0. The smallest absolute Gasteiger partial charge is 0.0209 e. The number of likely N-dealkylation sites (tertiary alicyclic amines) is 1. The predicted octanol–water partition coefficient (Wildman–Crippen LogP) is 4.91. The van der Waals surface area contributed by atoms with Crippen molar-refractivity contribution in [2.24, 2.45) is 5.92 Å². The third kappa shape index (κ3) is 3.44. The van der Waals surface area contributed by atoms with E-state index < -0.39 is 0 Å². The van der Waals surface area contributed by atoms with Crippen LogP contribution in [0, 0.1) is 5.92 Å². The largest absolute Gasteiger partial charge is 0.298 e. The van der Waals surface area contributed by atoms with Crippen molar-refractivity contribution in [2.75, 3.05) is 13.1 Å². The van der Waals surface area contributed by atoms with Gasteiger partial charge in [-0.2, -0.15) is 0 Å². The zero-order chi connectivity index (χ0) is 14.4. The molecule has 2 rings (SSSR count). The maximum atomic E-state index is 2.75. The van der Waals surface area contributed by atoms with Crippen LogP contribution in [0.3, 0.4) is 0 Å². The molecule has 1 aliphatic rings. The number of rotatable bonds is 8. The van der Waals surface area contributed by atoms with E-state index >= 15 is 0 Å². The molecule has 0 saturated carbocycles. The third-order valence-corrected chi connectivity index (χ3v) is 5.33. The molecule has 1 heteroatoms. The number of benzene rings is 1. The molecule has 0 amide bonds. The summed E-state index contributed by atoms with van der Waals surface area (Å²) in [6.07, 6.45) is 7.91. The average Bonchev–Trinajstić information content (AvgIpc) is 2.38. The molecule has 1 fully saturated rings. The Hall–Kier alpha value is -0.820. The van der Waals surface area contributed by atoms with Gasteiger partial charge < -0.3 is 0 Å². The summed E-state index contributed by atoms with van der Waals surface area (Å²) in [4.78, 5) is 2.75. The molecule has 0 aromatic heterocycles. The number of hydrogen-bond acceptors (Lipinski definition) is 1. The summed E-state index contributed by atoms with van der Waals surface area (Å²) in [6, 6.07) is 11.0. The van der Waals surface area contributed by atoms with Gasteiger partial charge in [0.2, 0.25) is 0 Å². The van der Waals surface area contributed by atoms with E-state index in [0.29, 0.717) is 5.54 Å². The van der Waals surface area contributed by atoms with E-state index in [1.54, 1.807) is 0 Å². The van der Waals surface area contributed by atoms with E-state index in [-0.39, 0.29) is 0 Å². The van der Waals surface area contributed by atoms with Crippen LogP contribution in [0.15, 0.2) is 30.3 Å². The summed E-state index contributed by atoms with van der Waals surface area (Å²) in [6.45, 7) is 9.87. The fourth-order valence-electron chi connectivity index (χ4n) is 3.89. The first-order valence-electron chi connectivity index (χ1n) is 8.49. The van der Waals surface area contributed by atoms with Crippen molar-refractivity contribution in [1.29, 1.82) is 0 Å². The van der Waals surface area contributed by atoms with Gasteiger partial charge in [-0.05, 0) is 57.2 Å². The van der Waals surface area contributed by atoms with Gasteiger partial charge in [-0.15, -0.1) is 0 Å². The molecule has 0 bridgehead atoms. The predicted molar refractivity (Wildman–Crippen MR) is 88.0 cm³/mol. The van der Waals surface area contributed by atoms with E-state index in [4.69, 9.17) is 0 Å². The van der Waals surface area contributed by atoms with Crippen molar-refractivity contribution >= 4 is 0 Å². The van der Waals surface area contributed by atoms with Gasteiger partial charge in [0.15, 0.2) is 0 Å². The minimum absolute atomic E-state index is 0.427. The van der Waals surface area contributed by atoms with Gasteiger partial charge in [-0.1, -0.05) is 57.0 Å². The normalized spacial score (nSPS) is 20.1. The van der Waals surface area contributed by atoms with Gasteiger partial charge in [0.25, 0.3) is 0 Å². The highest BCUT2D eigenvalue weighted by atomic mass is 15.2. The van der Waals surface area contributed by atoms with Gasteiger partial charge in [0.05, 0.1) is 0 Å². The molecular formula is C19H31N. The highest BCUT2D eigenvalue weighted by molar-refractivity contribution is 5.15. The van der Waals surface area contributed by atoms with E-state index in [2.05, 4.69) is 56.0 Å². The molecule has 0 N–H and O–H groups in total. The van der Waals surface area contributed by atoms with E-state index in [1.165, 1.54) is 57.2 Å². The number of aryl methyl sites for hydroxylation is 1. The topological polar surface area (TPSA) is 3.24 Å². The minimum atomic E-state index is 0.427. The summed E-state index contributed by atoms with van der Waals surface area (Å²) >= 11 is 0. The molecule has 1 heterocycles. The maximum absolute atomic E-state index is 2.75. The lowest BCUT2D eigenvalue weighted by molar-refractivity contribution is -0.0136. The molecule has 1 saturated heterocycles. The second kappa shape index (κ2) is 7.26. The first kappa shape index (κ1) is 15.6. The zero-order valence-corrected chi connectivity index (χ0v) is 13.6. The van der Waals surface area contributed by atoms with Crippen LogP contribution in [-0.4, -0.2) is 23.5 Å². The Morgan fingerprint density at radius 1 is 1.15 bits per heavy atom. The molecule has 20 heavy (non-hydrogen) atoms. The highest BCUT2D eigenvalue weighted by Crippen LogP contribution is 2.37. The van der Waals surface area contributed by atoms with Crippen LogP contribution < -0.4 is 0 Å². The molecule has 1 aliphatic heterocycles.